The largest absolute Gasteiger partial charge is 0.669 e. The van der Waals surface area contributed by atoms with Gasteiger partial charge in [0.1, 0.15) is 0 Å². The van der Waals surface area contributed by atoms with E-state index >= 15 is 0 Å². The van der Waals surface area contributed by atoms with E-state index in [4.69, 9.17) is 22.3 Å². The van der Waals surface area contributed by atoms with Crippen LogP contribution >= 0.6 is 0 Å². The summed E-state index contributed by atoms with van der Waals surface area (Å²) in [6.45, 7) is 12.8. The van der Waals surface area contributed by atoms with Crippen molar-refractivity contribution in [3.63, 3.8) is 0 Å². The summed E-state index contributed by atoms with van der Waals surface area (Å²) in [7, 11) is 0. The van der Waals surface area contributed by atoms with Gasteiger partial charge in [0.05, 0.1) is 0 Å². The Hall–Kier alpha value is -4.60. The molecule has 6 nitrogen and oxygen atoms in total. The Morgan fingerprint density at radius 2 is 0.940 bits per heavy atom. The van der Waals surface area contributed by atoms with Crippen LogP contribution in [0.4, 0.5) is 0 Å². The molecule has 4 aromatic heterocycles. The number of hydrogen-bond acceptors (Lipinski definition) is 4. The molecule has 6 aromatic rings. The molecular formula is C42H36N4O2Pt2-6. The second-order valence-electron chi connectivity index (χ2n) is 12.5. The number of nitrogens with zero attached hydrogens (tertiary/aromatic N) is 4. The fourth-order valence-corrected chi connectivity index (χ4v) is 4.24. The first-order chi connectivity index (χ1) is 23.0. The topological polar surface area (TPSA) is 54.1 Å². The summed E-state index contributed by atoms with van der Waals surface area (Å²) in [6, 6.07) is 40.2. The van der Waals surface area contributed by atoms with Crippen molar-refractivity contribution < 1.29 is 51.6 Å². The molecule has 0 saturated carbocycles. The van der Waals surface area contributed by atoms with Gasteiger partial charge in [-0.1, -0.05) is 76.0 Å². The van der Waals surface area contributed by atoms with Gasteiger partial charge in [0, 0.05) is 91.4 Å². The summed E-state index contributed by atoms with van der Waals surface area (Å²) in [5.74, 6) is 2.23. The van der Waals surface area contributed by atoms with Gasteiger partial charge >= 0.3 is 0 Å². The van der Waals surface area contributed by atoms with Crippen molar-refractivity contribution >= 4 is 0 Å². The molecule has 2 aromatic carbocycles. The first-order valence-corrected chi connectivity index (χ1v) is 15.2. The Morgan fingerprint density at radius 1 is 0.580 bits per heavy atom. The zero-order chi connectivity index (χ0) is 34.6. The molecule has 0 saturated heterocycles. The van der Waals surface area contributed by atoms with Crippen LogP contribution in [0.2, 0.25) is 0 Å². The van der Waals surface area contributed by atoms with Gasteiger partial charge in [-0.2, -0.15) is 11.1 Å². The van der Waals surface area contributed by atoms with E-state index in [2.05, 4.69) is 87.9 Å². The van der Waals surface area contributed by atoms with Gasteiger partial charge in [-0.15, -0.1) is 0 Å². The van der Waals surface area contributed by atoms with Gasteiger partial charge in [0.15, 0.2) is 0 Å². The summed E-state index contributed by atoms with van der Waals surface area (Å²) in [5.41, 5.74) is 3.02. The number of aromatic nitrogens is 4. The molecule has 50 heavy (non-hydrogen) atoms. The van der Waals surface area contributed by atoms with Crippen molar-refractivity contribution in [2.24, 2.45) is 0 Å². The van der Waals surface area contributed by atoms with E-state index in [0.29, 0.717) is 34.4 Å². The van der Waals surface area contributed by atoms with Crippen molar-refractivity contribution in [2.75, 3.05) is 0 Å². The molecule has 8 heteroatoms. The summed E-state index contributed by atoms with van der Waals surface area (Å²) < 4.78 is 15.4. The third-order valence-electron chi connectivity index (χ3n) is 6.71. The molecular weight excluding hydrogens is 983 g/mol. The summed E-state index contributed by atoms with van der Waals surface area (Å²) in [4.78, 5) is 8.61. The van der Waals surface area contributed by atoms with Crippen molar-refractivity contribution in [1.82, 2.24) is 19.1 Å². The van der Waals surface area contributed by atoms with Crippen molar-refractivity contribution in [1.29, 1.82) is 0 Å². The molecule has 0 aliphatic heterocycles. The zero-order valence-electron chi connectivity index (χ0n) is 28.6. The minimum absolute atomic E-state index is 0. The molecule has 0 radical (unpaired) electrons. The van der Waals surface area contributed by atoms with Crippen LogP contribution in [0.5, 0.6) is 23.3 Å². The molecule has 262 valence electrons. The van der Waals surface area contributed by atoms with Crippen LogP contribution in [-0.2, 0) is 53.0 Å². The second kappa shape index (κ2) is 19.6. The number of ether oxygens (including phenoxy) is 2. The van der Waals surface area contributed by atoms with Crippen molar-refractivity contribution in [2.45, 2.75) is 52.4 Å². The van der Waals surface area contributed by atoms with Crippen LogP contribution in [0.15, 0.2) is 110 Å². The van der Waals surface area contributed by atoms with Gasteiger partial charge in [-0.05, 0) is 36.4 Å². The van der Waals surface area contributed by atoms with Gasteiger partial charge in [-0.3, -0.25) is 0 Å². The maximum absolute atomic E-state index is 6.57. The van der Waals surface area contributed by atoms with E-state index in [1.165, 1.54) is 0 Å². The van der Waals surface area contributed by atoms with E-state index in [0.717, 1.165) is 11.1 Å². The van der Waals surface area contributed by atoms with E-state index in [1.807, 2.05) is 72.8 Å². The number of benzene rings is 2. The minimum atomic E-state index is -0.160. The van der Waals surface area contributed by atoms with Gasteiger partial charge in [0.25, 0.3) is 0 Å². The normalized spacial score (nSPS) is 10.2. The van der Waals surface area contributed by atoms with Crippen molar-refractivity contribution in [3.05, 3.63) is 158 Å². The molecule has 0 fully saturated rings. The quantitative estimate of drug-likeness (QED) is 0.128. The number of hydrogen-bond donors (Lipinski definition) is 0. The second-order valence-corrected chi connectivity index (χ2v) is 12.5. The molecule has 4 heterocycles. The first kappa shape index (κ1) is 41.6. The molecule has 0 atom stereocenters. The minimum Gasteiger partial charge on any atom is -0.669 e. The standard InChI is InChI=1S/C30H28N2O2.2C6H4N.2Pt/c1-29(2,3)23-15-13-21(19-25(23)33-27-11-7-9-17-31-27)22-14-16-24(30(4,5)6)26(20-22)34-28-12-8-10-18-32-28;2*1-2-7-5-3-4-6-7;;/h7-12,15-18H,1-6H3;2*3-6H;;/q-4;2*-1;;. The Morgan fingerprint density at radius 3 is 1.20 bits per heavy atom. The third-order valence-corrected chi connectivity index (χ3v) is 6.71. The smallest absolute Gasteiger partial charge is 0.215 e. The molecule has 0 aliphatic rings. The fraction of sp³-hybridized carbons (Fsp3) is 0.190. The van der Waals surface area contributed by atoms with Gasteiger partial charge < -0.3 is 66.8 Å². The molecule has 0 amide bonds. The average Bonchev–Trinajstić information content (AvgIpc) is 3.80. The first-order valence-electron chi connectivity index (χ1n) is 15.2. The molecule has 0 aliphatic carbocycles. The van der Waals surface area contributed by atoms with Crippen molar-refractivity contribution in [3.8, 4) is 46.5 Å². The zero-order valence-corrected chi connectivity index (χ0v) is 33.2. The fourth-order valence-electron chi connectivity index (χ4n) is 4.24. The van der Waals surface area contributed by atoms with Gasteiger partial charge in [-0.25, -0.2) is 34.2 Å². The van der Waals surface area contributed by atoms with Crippen LogP contribution in [0.3, 0.4) is 0 Å². The maximum Gasteiger partial charge on any atom is 0.215 e. The van der Waals surface area contributed by atoms with E-state index in [9.17, 15) is 0 Å². The Bertz CT molecular complexity index is 1800. The van der Waals surface area contributed by atoms with E-state index < -0.39 is 0 Å². The number of pyridine rings is 2. The van der Waals surface area contributed by atoms with Crippen LogP contribution < -0.4 is 9.47 Å². The molecule has 0 unspecified atom stereocenters. The number of rotatable bonds is 5. The van der Waals surface area contributed by atoms with E-state index in [-0.39, 0.29) is 53.0 Å². The van der Waals surface area contributed by atoms with E-state index in [1.54, 1.807) is 46.3 Å². The Kier molecular flexibility index (Phi) is 16.3. The SMILES string of the molecule is CC(C)(C)c1c[c-]c(-c2[c-]cc(C(C)(C)C)c(Oc3ccccn3)[c-]2)[c-]c1Oc1ccccn1.[C-]#Cn1cccc1.[C-]#Cn1cccc1.[Pt].[Pt]. The van der Waals surface area contributed by atoms with Crippen LogP contribution in [-0.4, -0.2) is 19.1 Å². The van der Waals surface area contributed by atoms with Crippen LogP contribution in [0, 0.1) is 49.2 Å². The monoisotopic (exact) mass is 1020 g/mol. The van der Waals surface area contributed by atoms with Crippen LogP contribution in [0.1, 0.15) is 52.7 Å². The molecule has 6 rings (SSSR count). The van der Waals surface area contributed by atoms with Gasteiger partial charge in [0.2, 0.25) is 11.8 Å². The molecule has 0 N–H and O–H groups in total. The third kappa shape index (κ3) is 12.4. The predicted octanol–water partition coefficient (Wildman–Crippen LogP) is 9.29. The molecule has 0 spiro atoms. The summed E-state index contributed by atoms with van der Waals surface area (Å²) >= 11 is 0. The maximum atomic E-state index is 6.57. The Balaban J connectivity index is 0.000000448. The summed E-state index contributed by atoms with van der Waals surface area (Å²) in [6.07, 6.45) is 23.6. The average molecular weight is 1020 g/mol. The van der Waals surface area contributed by atoms with Crippen LogP contribution in [0.25, 0.3) is 11.1 Å². The Labute approximate surface area is 325 Å². The predicted molar refractivity (Wildman–Crippen MR) is 187 cm³/mol. The molecule has 0 bridgehead atoms. The summed E-state index contributed by atoms with van der Waals surface area (Å²) in [5, 5.41) is 0.